The maximum Gasteiger partial charge on any atom is 0.227 e. The fraction of sp³-hybridized carbons (Fsp3) is 0.350. The van der Waals surface area contributed by atoms with Crippen molar-refractivity contribution in [3.8, 4) is 11.4 Å². The van der Waals surface area contributed by atoms with Crippen LogP contribution in [0.4, 0.5) is 4.39 Å². The Morgan fingerprint density at radius 3 is 3.04 bits per heavy atom. The number of hydrogen-bond acceptors (Lipinski definition) is 5. The largest absolute Gasteiger partial charge is 0.342 e. The average Bonchev–Trinajstić information content (AvgIpc) is 3.35. The molecule has 1 atom stereocenters. The average molecular weight is 385 g/mol. The van der Waals surface area contributed by atoms with E-state index in [1.807, 2.05) is 21.7 Å². The summed E-state index contributed by atoms with van der Waals surface area (Å²) in [5.41, 5.74) is 1.40. The summed E-state index contributed by atoms with van der Waals surface area (Å²) in [4.78, 5) is 18.9. The van der Waals surface area contributed by atoms with Crippen molar-refractivity contribution in [2.75, 3.05) is 13.1 Å². The third kappa shape index (κ3) is 4.24. The molecule has 1 aliphatic heterocycles. The van der Waals surface area contributed by atoms with Crippen LogP contribution >= 0.6 is 11.3 Å². The summed E-state index contributed by atoms with van der Waals surface area (Å²) >= 11 is 1.59. The highest BCUT2D eigenvalue weighted by Gasteiger charge is 2.26. The summed E-state index contributed by atoms with van der Waals surface area (Å²) in [6.45, 7) is 1.36. The molecule has 2 aromatic heterocycles. The molecule has 3 aromatic rings. The summed E-state index contributed by atoms with van der Waals surface area (Å²) in [5, 5.41) is 8.00. The molecule has 1 saturated heterocycles. The van der Waals surface area contributed by atoms with Gasteiger partial charge in [0.25, 0.3) is 0 Å². The molecule has 1 fully saturated rings. The third-order valence-corrected chi connectivity index (χ3v) is 5.57. The van der Waals surface area contributed by atoms with Crippen LogP contribution in [0, 0.1) is 11.7 Å². The van der Waals surface area contributed by atoms with Crippen molar-refractivity contribution >= 4 is 17.2 Å². The topological polar surface area (TPSA) is 59.2 Å². The molecule has 0 bridgehead atoms. The van der Waals surface area contributed by atoms with Gasteiger partial charge in [0, 0.05) is 30.5 Å². The lowest BCUT2D eigenvalue weighted by atomic mass is 9.94. The first kappa shape index (κ1) is 17.9. The van der Waals surface area contributed by atoms with E-state index in [4.69, 9.17) is 4.52 Å². The van der Waals surface area contributed by atoms with Crippen molar-refractivity contribution in [3.63, 3.8) is 0 Å². The van der Waals surface area contributed by atoms with E-state index < -0.39 is 0 Å². The van der Waals surface area contributed by atoms with Crippen LogP contribution in [0.2, 0.25) is 0 Å². The van der Waals surface area contributed by atoms with E-state index in [-0.39, 0.29) is 24.1 Å². The van der Waals surface area contributed by atoms with Crippen LogP contribution in [-0.2, 0) is 17.6 Å². The first-order valence-corrected chi connectivity index (χ1v) is 9.99. The van der Waals surface area contributed by atoms with Crippen LogP contribution in [0.5, 0.6) is 0 Å². The van der Waals surface area contributed by atoms with E-state index >= 15 is 0 Å². The molecule has 4 rings (SSSR count). The maximum absolute atomic E-state index is 13.8. The highest BCUT2D eigenvalue weighted by Crippen LogP contribution is 2.24. The van der Waals surface area contributed by atoms with Gasteiger partial charge in [0.2, 0.25) is 17.6 Å². The molecule has 1 aromatic carbocycles. The number of rotatable bonds is 5. The molecule has 3 heterocycles. The number of amides is 1. The number of aromatic nitrogens is 2. The first-order valence-electron chi connectivity index (χ1n) is 9.05. The molecule has 27 heavy (non-hydrogen) atoms. The Balaban J connectivity index is 1.37. The van der Waals surface area contributed by atoms with Gasteiger partial charge in [-0.1, -0.05) is 23.4 Å². The summed E-state index contributed by atoms with van der Waals surface area (Å²) in [7, 11) is 0. The van der Waals surface area contributed by atoms with Gasteiger partial charge in [-0.25, -0.2) is 4.39 Å². The van der Waals surface area contributed by atoms with E-state index in [1.165, 1.54) is 6.07 Å². The number of hydrogen-bond donors (Lipinski definition) is 0. The minimum absolute atomic E-state index is 0.0331. The molecule has 0 N–H and O–H groups in total. The molecule has 1 amide bonds. The zero-order chi connectivity index (χ0) is 18.6. The normalized spacial score (nSPS) is 17.2. The minimum atomic E-state index is -0.328. The van der Waals surface area contributed by atoms with Gasteiger partial charge < -0.3 is 9.42 Å². The van der Waals surface area contributed by atoms with Gasteiger partial charge in [-0.2, -0.15) is 16.3 Å². The van der Waals surface area contributed by atoms with Gasteiger partial charge in [0.1, 0.15) is 5.82 Å². The predicted molar refractivity (Wildman–Crippen MR) is 101 cm³/mol. The van der Waals surface area contributed by atoms with Crippen LogP contribution in [-0.4, -0.2) is 34.0 Å². The fourth-order valence-corrected chi connectivity index (χ4v) is 4.10. The lowest BCUT2D eigenvalue weighted by Gasteiger charge is -2.32. The number of halogens is 1. The summed E-state index contributed by atoms with van der Waals surface area (Å²) in [6, 6.07) is 8.41. The Labute approximate surface area is 160 Å². The van der Waals surface area contributed by atoms with E-state index in [0.29, 0.717) is 36.8 Å². The molecular formula is C20H20FN3O2S. The van der Waals surface area contributed by atoms with E-state index in [1.54, 1.807) is 29.5 Å². The van der Waals surface area contributed by atoms with E-state index in [0.717, 1.165) is 18.4 Å². The Hall–Kier alpha value is -2.54. The quantitative estimate of drug-likeness (QED) is 0.667. The highest BCUT2D eigenvalue weighted by molar-refractivity contribution is 7.08. The van der Waals surface area contributed by atoms with Crippen molar-refractivity contribution in [2.45, 2.75) is 25.7 Å². The van der Waals surface area contributed by atoms with Crippen molar-refractivity contribution in [1.29, 1.82) is 0 Å². The third-order valence-electron chi connectivity index (χ3n) is 4.88. The Kier molecular flexibility index (Phi) is 5.29. The smallest absolute Gasteiger partial charge is 0.227 e. The first-order chi connectivity index (χ1) is 13.2. The Morgan fingerprint density at radius 2 is 2.22 bits per heavy atom. The monoisotopic (exact) mass is 385 g/mol. The van der Waals surface area contributed by atoms with E-state index in [2.05, 4.69) is 10.1 Å². The van der Waals surface area contributed by atoms with Crippen molar-refractivity contribution in [2.24, 2.45) is 5.92 Å². The summed E-state index contributed by atoms with van der Waals surface area (Å²) in [6.07, 6.45) is 2.70. The number of piperidine rings is 1. The van der Waals surface area contributed by atoms with Crippen LogP contribution in [0.25, 0.3) is 11.4 Å². The van der Waals surface area contributed by atoms with Crippen LogP contribution in [0.15, 0.2) is 45.6 Å². The van der Waals surface area contributed by atoms with Gasteiger partial charge in [-0.05, 0) is 41.8 Å². The van der Waals surface area contributed by atoms with E-state index in [9.17, 15) is 9.18 Å². The Bertz CT molecular complexity index is 910. The molecule has 140 valence electrons. The van der Waals surface area contributed by atoms with Gasteiger partial charge >= 0.3 is 0 Å². The number of carbonyl (C=O) groups is 1. The van der Waals surface area contributed by atoms with Crippen LogP contribution in [0.1, 0.15) is 24.3 Å². The molecule has 0 saturated carbocycles. The maximum atomic E-state index is 13.8. The SMILES string of the molecule is O=C(Cc1ccccc1F)N1CCCC(Cc2nc(-c3ccsc3)no2)C1. The summed E-state index contributed by atoms with van der Waals surface area (Å²) in [5.74, 6) is 1.12. The molecule has 0 aliphatic carbocycles. The summed E-state index contributed by atoms with van der Waals surface area (Å²) < 4.78 is 19.2. The van der Waals surface area contributed by atoms with Crippen LogP contribution in [0.3, 0.4) is 0 Å². The standard InChI is InChI=1S/C20H20FN3O2S/c21-17-6-2-1-5-15(17)11-19(25)24-8-3-4-14(12-24)10-18-22-20(23-26-18)16-7-9-27-13-16/h1-2,5-7,9,13-14H,3-4,8,10-12H2. The van der Waals surface area contributed by atoms with Crippen molar-refractivity contribution < 1.29 is 13.7 Å². The number of likely N-dealkylation sites (tertiary alicyclic amines) is 1. The second-order valence-corrected chi connectivity index (χ2v) is 7.62. The molecule has 5 nitrogen and oxygen atoms in total. The van der Waals surface area contributed by atoms with Crippen molar-refractivity contribution in [1.82, 2.24) is 15.0 Å². The number of carbonyl (C=O) groups excluding carboxylic acids is 1. The second-order valence-electron chi connectivity index (χ2n) is 6.84. The lowest BCUT2D eigenvalue weighted by molar-refractivity contribution is -0.132. The van der Waals surface area contributed by atoms with Crippen LogP contribution < -0.4 is 0 Å². The zero-order valence-electron chi connectivity index (χ0n) is 14.8. The fourth-order valence-electron chi connectivity index (χ4n) is 3.47. The van der Waals surface area contributed by atoms with Gasteiger partial charge in [-0.15, -0.1) is 0 Å². The molecule has 7 heteroatoms. The molecule has 1 aliphatic rings. The van der Waals surface area contributed by atoms with Gasteiger partial charge in [0.15, 0.2) is 0 Å². The minimum Gasteiger partial charge on any atom is -0.342 e. The Morgan fingerprint density at radius 1 is 1.33 bits per heavy atom. The molecule has 0 radical (unpaired) electrons. The highest BCUT2D eigenvalue weighted by atomic mass is 32.1. The lowest BCUT2D eigenvalue weighted by Crippen LogP contribution is -2.41. The molecular weight excluding hydrogens is 365 g/mol. The second kappa shape index (κ2) is 8.00. The number of benzene rings is 1. The van der Waals surface area contributed by atoms with Crippen molar-refractivity contribution in [3.05, 3.63) is 58.4 Å². The molecule has 0 spiro atoms. The van der Waals surface area contributed by atoms with Gasteiger partial charge in [0.05, 0.1) is 6.42 Å². The van der Waals surface area contributed by atoms with Gasteiger partial charge in [-0.3, -0.25) is 4.79 Å². The number of thiophene rings is 1. The number of nitrogens with zero attached hydrogens (tertiary/aromatic N) is 3. The molecule has 1 unspecified atom stereocenters. The zero-order valence-corrected chi connectivity index (χ0v) is 15.6. The predicted octanol–water partition coefficient (Wildman–Crippen LogP) is 3.96.